The lowest BCUT2D eigenvalue weighted by Gasteiger charge is -2.09. The van der Waals surface area contributed by atoms with Gasteiger partial charge in [-0.25, -0.2) is 4.98 Å². The van der Waals surface area contributed by atoms with Crippen LogP contribution in [0.4, 0.5) is 5.82 Å². The maximum absolute atomic E-state index is 6.13. The van der Waals surface area contributed by atoms with Crippen LogP contribution in [0.3, 0.4) is 0 Å². The molecule has 0 atom stereocenters. The third-order valence-electron chi connectivity index (χ3n) is 2.57. The van der Waals surface area contributed by atoms with E-state index < -0.39 is 0 Å². The number of rotatable bonds is 2. The van der Waals surface area contributed by atoms with Crippen molar-refractivity contribution >= 4 is 29.0 Å². The molecule has 1 heterocycles. The van der Waals surface area contributed by atoms with E-state index in [1.54, 1.807) is 24.5 Å². The highest BCUT2D eigenvalue weighted by molar-refractivity contribution is 6.35. The Morgan fingerprint density at radius 3 is 2.59 bits per heavy atom. The summed E-state index contributed by atoms with van der Waals surface area (Å²) in [5, 5.41) is 1.21. The minimum Gasteiger partial charge on any atom is -0.383 e. The Balaban J connectivity index is 2.57. The van der Waals surface area contributed by atoms with Crippen LogP contribution in [-0.2, 0) is 0 Å². The molecule has 5 heteroatoms. The number of nitrogens with zero attached hydrogens (tertiary/aromatic N) is 2. The molecule has 0 radical (unpaired) electrons. The molecule has 17 heavy (non-hydrogen) atoms. The zero-order valence-electron chi connectivity index (χ0n) is 9.61. The molecule has 1 aromatic carbocycles. The molecular formula is C12H13Cl2N3. The molecular weight excluding hydrogens is 257 g/mol. The summed E-state index contributed by atoms with van der Waals surface area (Å²) in [5.41, 5.74) is 7.49. The first-order chi connectivity index (χ1) is 8.00. The Kier molecular flexibility index (Phi) is 3.31. The van der Waals surface area contributed by atoms with Gasteiger partial charge in [-0.05, 0) is 32.0 Å². The van der Waals surface area contributed by atoms with Crippen LogP contribution in [0.15, 0.2) is 24.5 Å². The van der Waals surface area contributed by atoms with E-state index in [4.69, 9.17) is 28.9 Å². The van der Waals surface area contributed by atoms with Crippen LogP contribution in [0.5, 0.6) is 0 Å². The monoisotopic (exact) mass is 269 g/mol. The summed E-state index contributed by atoms with van der Waals surface area (Å²) in [5.74, 6) is 0.601. The standard InChI is InChI=1S/C12H13Cl2N3/c1-7(2)17-6-16-11(12(17)15)9-5-8(13)3-4-10(9)14/h3-7H,15H2,1-2H3. The van der Waals surface area contributed by atoms with Crippen LogP contribution in [0.2, 0.25) is 10.0 Å². The fraction of sp³-hybridized carbons (Fsp3) is 0.250. The Morgan fingerprint density at radius 1 is 1.29 bits per heavy atom. The van der Waals surface area contributed by atoms with E-state index in [0.717, 1.165) is 5.56 Å². The molecule has 0 amide bonds. The van der Waals surface area contributed by atoms with Gasteiger partial charge in [0, 0.05) is 16.6 Å². The molecule has 2 aromatic rings. The first-order valence-electron chi connectivity index (χ1n) is 5.28. The lowest BCUT2D eigenvalue weighted by atomic mass is 10.1. The zero-order chi connectivity index (χ0) is 12.6. The van der Waals surface area contributed by atoms with Gasteiger partial charge in [-0.2, -0.15) is 0 Å². The number of nitrogen functional groups attached to an aromatic ring is 1. The first kappa shape index (κ1) is 12.3. The van der Waals surface area contributed by atoms with Gasteiger partial charge in [0.05, 0.1) is 11.3 Å². The van der Waals surface area contributed by atoms with Crippen LogP contribution in [0.25, 0.3) is 11.3 Å². The van der Waals surface area contributed by atoms with Gasteiger partial charge >= 0.3 is 0 Å². The molecule has 0 fully saturated rings. The van der Waals surface area contributed by atoms with Crippen molar-refractivity contribution in [2.24, 2.45) is 0 Å². The van der Waals surface area contributed by atoms with Gasteiger partial charge in [0.1, 0.15) is 11.5 Å². The van der Waals surface area contributed by atoms with Crippen molar-refractivity contribution in [3.05, 3.63) is 34.6 Å². The highest BCUT2D eigenvalue weighted by atomic mass is 35.5. The lowest BCUT2D eigenvalue weighted by molar-refractivity contribution is 0.607. The average molecular weight is 270 g/mol. The highest BCUT2D eigenvalue weighted by Crippen LogP contribution is 2.33. The van der Waals surface area contributed by atoms with Gasteiger partial charge in [-0.15, -0.1) is 0 Å². The number of benzene rings is 1. The van der Waals surface area contributed by atoms with Crippen molar-refractivity contribution in [1.29, 1.82) is 0 Å². The van der Waals surface area contributed by atoms with Gasteiger partial charge in [0.25, 0.3) is 0 Å². The quantitative estimate of drug-likeness (QED) is 0.895. The lowest BCUT2D eigenvalue weighted by Crippen LogP contribution is -2.04. The van der Waals surface area contributed by atoms with Gasteiger partial charge in [0.15, 0.2) is 0 Å². The van der Waals surface area contributed by atoms with E-state index in [2.05, 4.69) is 4.98 Å². The molecule has 90 valence electrons. The van der Waals surface area contributed by atoms with E-state index in [9.17, 15) is 0 Å². The van der Waals surface area contributed by atoms with Crippen molar-refractivity contribution in [2.75, 3.05) is 5.73 Å². The maximum Gasteiger partial charge on any atom is 0.131 e. The fourth-order valence-electron chi connectivity index (χ4n) is 1.67. The number of anilines is 1. The second-order valence-corrected chi connectivity index (χ2v) is 4.95. The van der Waals surface area contributed by atoms with Gasteiger partial charge in [-0.3, -0.25) is 0 Å². The summed E-state index contributed by atoms with van der Waals surface area (Å²) in [7, 11) is 0. The second-order valence-electron chi connectivity index (χ2n) is 4.10. The Hall–Kier alpha value is -1.19. The molecule has 0 aliphatic rings. The second kappa shape index (κ2) is 4.59. The summed E-state index contributed by atoms with van der Waals surface area (Å²) in [6, 6.07) is 5.51. The topological polar surface area (TPSA) is 43.8 Å². The van der Waals surface area contributed by atoms with Crippen molar-refractivity contribution < 1.29 is 0 Å². The number of halogens is 2. The number of imidazole rings is 1. The van der Waals surface area contributed by atoms with Crippen LogP contribution in [0, 0.1) is 0 Å². The van der Waals surface area contributed by atoms with E-state index in [1.165, 1.54) is 0 Å². The van der Waals surface area contributed by atoms with Crippen LogP contribution >= 0.6 is 23.2 Å². The first-order valence-corrected chi connectivity index (χ1v) is 6.04. The number of aromatic nitrogens is 2. The van der Waals surface area contributed by atoms with Gasteiger partial charge < -0.3 is 10.3 Å². The summed E-state index contributed by atoms with van der Waals surface area (Å²) in [6.07, 6.45) is 1.71. The summed E-state index contributed by atoms with van der Waals surface area (Å²) in [6.45, 7) is 4.09. The average Bonchev–Trinajstić information content (AvgIpc) is 2.64. The minimum absolute atomic E-state index is 0.259. The van der Waals surface area contributed by atoms with E-state index in [0.29, 0.717) is 21.6 Å². The fourth-order valence-corrected chi connectivity index (χ4v) is 2.05. The molecule has 0 saturated carbocycles. The largest absolute Gasteiger partial charge is 0.383 e. The molecule has 0 spiro atoms. The summed E-state index contributed by atoms with van der Waals surface area (Å²) < 4.78 is 1.90. The van der Waals surface area contributed by atoms with Gasteiger partial charge in [0.2, 0.25) is 0 Å². The number of nitrogens with two attached hydrogens (primary N) is 1. The highest BCUT2D eigenvalue weighted by Gasteiger charge is 2.14. The predicted molar refractivity (Wildman–Crippen MR) is 72.5 cm³/mol. The molecule has 0 bridgehead atoms. The molecule has 0 unspecified atom stereocenters. The number of hydrogen-bond donors (Lipinski definition) is 1. The molecule has 0 saturated heterocycles. The molecule has 0 aliphatic carbocycles. The molecule has 0 aliphatic heterocycles. The predicted octanol–water partition coefficient (Wildman–Crippen LogP) is 4.02. The van der Waals surface area contributed by atoms with Crippen LogP contribution in [-0.4, -0.2) is 9.55 Å². The number of hydrogen-bond acceptors (Lipinski definition) is 2. The van der Waals surface area contributed by atoms with Crippen molar-refractivity contribution in [3.8, 4) is 11.3 Å². The third-order valence-corrected chi connectivity index (χ3v) is 3.14. The van der Waals surface area contributed by atoms with E-state index in [-0.39, 0.29) is 6.04 Å². The normalized spacial score (nSPS) is 11.1. The third kappa shape index (κ3) is 2.26. The maximum atomic E-state index is 6.13. The molecule has 2 rings (SSSR count). The smallest absolute Gasteiger partial charge is 0.131 e. The van der Waals surface area contributed by atoms with Gasteiger partial charge in [-0.1, -0.05) is 23.2 Å². The minimum atomic E-state index is 0.259. The molecule has 1 aromatic heterocycles. The Labute approximate surface area is 110 Å². The van der Waals surface area contributed by atoms with Crippen LogP contribution in [0.1, 0.15) is 19.9 Å². The summed E-state index contributed by atoms with van der Waals surface area (Å²) >= 11 is 12.1. The van der Waals surface area contributed by atoms with Crippen molar-refractivity contribution in [2.45, 2.75) is 19.9 Å². The SMILES string of the molecule is CC(C)n1cnc(-c2cc(Cl)ccc2Cl)c1N. The van der Waals surface area contributed by atoms with E-state index >= 15 is 0 Å². The Morgan fingerprint density at radius 2 is 2.00 bits per heavy atom. The zero-order valence-corrected chi connectivity index (χ0v) is 11.1. The van der Waals surface area contributed by atoms with Crippen molar-refractivity contribution in [3.63, 3.8) is 0 Å². The molecule has 2 N–H and O–H groups in total. The van der Waals surface area contributed by atoms with E-state index in [1.807, 2.05) is 18.4 Å². The summed E-state index contributed by atoms with van der Waals surface area (Å²) in [4.78, 5) is 4.30. The van der Waals surface area contributed by atoms with Crippen LogP contribution < -0.4 is 5.73 Å². The Bertz CT molecular complexity index is 547. The van der Waals surface area contributed by atoms with Crippen molar-refractivity contribution in [1.82, 2.24) is 9.55 Å². The molecule has 3 nitrogen and oxygen atoms in total.